The van der Waals surface area contributed by atoms with Gasteiger partial charge in [0.15, 0.2) is 15.7 Å². The lowest BCUT2D eigenvalue weighted by Crippen LogP contribution is -2.35. The topological polar surface area (TPSA) is 89.0 Å². The predicted molar refractivity (Wildman–Crippen MR) is 91.1 cm³/mol. The van der Waals surface area contributed by atoms with E-state index in [9.17, 15) is 13.2 Å². The second-order valence-electron chi connectivity index (χ2n) is 5.83. The van der Waals surface area contributed by atoms with E-state index >= 15 is 0 Å². The molecule has 1 aliphatic rings. The molecule has 0 aliphatic carbocycles. The monoisotopic (exact) mass is 343 g/mol. The van der Waals surface area contributed by atoms with Crippen LogP contribution in [0.4, 0.5) is 0 Å². The first-order valence-corrected chi connectivity index (χ1v) is 9.17. The van der Waals surface area contributed by atoms with Gasteiger partial charge in [0.1, 0.15) is 0 Å². The molecular weight excluding hydrogens is 326 g/mol. The van der Waals surface area contributed by atoms with Crippen LogP contribution in [0.25, 0.3) is 11.4 Å². The minimum atomic E-state index is -3.20. The van der Waals surface area contributed by atoms with Gasteiger partial charge in [0, 0.05) is 23.4 Å². The van der Waals surface area contributed by atoms with Gasteiger partial charge in [-0.15, -0.1) is 0 Å². The van der Waals surface area contributed by atoms with Crippen LogP contribution in [0, 0.1) is 13.8 Å². The predicted octanol–water partition coefficient (Wildman–Crippen LogP) is 1.80. The summed E-state index contributed by atoms with van der Waals surface area (Å²) in [5.41, 5.74) is 3.51. The number of sulfone groups is 1. The summed E-state index contributed by atoms with van der Waals surface area (Å²) in [5.74, 6) is 0.0340. The Bertz CT molecular complexity index is 919. The maximum absolute atomic E-state index is 12.1. The van der Waals surface area contributed by atoms with E-state index in [2.05, 4.69) is 15.3 Å². The molecule has 0 saturated heterocycles. The van der Waals surface area contributed by atoms with Crippen molar-refractivity contribution in [3.63, 3.8) is 0 Å². The largest absolute Gasteiger partial charge is 0.345 e. The first-order valence-electron chi connectivity index (χ1n) is 7.45. The fraction of sp³-hybridized carbons (Fsp3) is 0.235. The maximum atomic E-state index is 12.1. The summed E-state index contributed by atoms with van der Waals surface area (Å²) in [6.07, 6.45) is 4.36. The quantitative estimate of drug-likeness (QED) is 0.918. The third-order valence-electron chi connectivity index (χ3n) is 3.93. The number of aromatic nitrogens is 2. The van der Waals surface area contributed by atoms with E-state index in [1.807, 2.05) is 32.0 Å². The number of aryl methyl sites for hydroxylation is 2. The molecule has 3 rings (SSSR count). The summed E-state index contributed by atoms with van der Waals surface area (Å²) >= 11 is 0. The van der Waals surface area contributed by atoms with Crippen LogP contribution in [0.3, 0.4) is 0 Å². The number of nitrogens with one attached hydrogen (secondary N) is 1. The summed E-state index contributed by atoms with van der Waals surface area (Å²) in [7, 11) is -3.20. The molecule has 0 fully saturated rings. The normalized spacial score (nSPS) is 18.5. The minimum absolute atomic E-state index is 0.111. The van der Waals surface area contributed by atoms with Gasteiger partial charge < -0.3 is 5.32 Å². The maximum Gasteiger partial charge on any atom is 0.254 e. The SMILES string of the molecule is Cc1ccc(-c2ncc(C(=O)NC3C=CS(=O)(=O)C3)cn2)cc1C. The Balaban J connectivity index is 1.73. The number of hydrogen-bond acceptors (Lipinski definition) is 5. The van der Waals surface area contributed by atoms with Gasteiger partial charge in [-0.25, -0.2) is 18.4 Å². The van der Waals surface area contributed by atoms with E-state index in [1.165, 1.54) is 24.0 Å². The highest BCUT2D eigenvalue weighted by molar-refractivity contribution is 7.94. The Morgan fingerprint density at radius 3 is 2.46 bits per heavy atom. The van der Waals surface area contributed by atoms with E-state index in [-0.39, 0.29) is 5.75 Å². The van der Waals surface area contributed by atoms with Gasteiger partial charge in [-0.05, 0) is 37.1 Å². The zero-order valence-corrected chi connectivity index (χ0v) is 14.2. The standard InChI is InChI=1S/C17H17N3O3S/c1-11-3-4-13(7-12(11)2)16-18-8-14(9-19-16)17(21)20-15-5-6-24(22,23)10-15/h3-9,15H,10H2,1-2H3,(H,20,21). The Morgan fingerprint density at radius 2 is 1.88 bits per heavy atom. The van der Waals surface area contributed by atoms with Crippen LogP contribution in [-0.4, -0.2) is 36.1 Å². The van der Waals surface area contributed by atoms with Crippen LogP contribution in [0.2, 0.25) is 0 Å². The van der Waals surface area contributed by atoms with E-state index < -0.39 is 21.8 Å². The van der Waals surface area contributed by atoms with E-state index in [4.69, 9.17) is 0 Å². The Kier molecular flexibility index (Phi) is 4.19. The van der Waals surface area contributed by atoms with Gasteiger partial charge in [-0.1, -0.05) is 12.1 Å². The van der Waals surface area contributed by atoms with Crippen molar-refractivity contribution in [1.29, 1.82) is 0 Å². The smallest absolute Gasteiger partial charge is 0.254 e. The van der Waals surface area contributed by atoms with Crippen molar-refractivity contribution in [2.45, 2.75) is 19.9 Å². The molecule has 124 valence electrons. The summed E-state index contributed by atoms with van der Waals surface area (Å²) in [4.78, 5) is 20.6. The van der Waals surface area contributed by atoms with E-state index in [1.54, 1.807) is 0 Å². The van der Waals surface area contributed by atoms with Crippen molar-refractivity contribution in [2.75, 3.05) is 5.75 Å². The van der Waals surface area contributed by atoms with Crippen LogP contribution >= 0.6 is 0 Å². The minimum Gasteiger partial charge on any atom is -0.345 e. The van der Waals surface area contributed by atoms with Gasteiger partial charge in [0.25, 0.3) is 5.91 Å². The van der Waals surface area contributed by atoms with Gasteiger partial charge in [-0.2, -0.15) is 0 Å². The molecule has 1 amide bonds. The molecule has 2 heterocycles. The van der Waals surface area contributed by atoms with Crippen molar-refractivity contribution in [2.24, 2.45) is 0 Å². The van der Waals surface area contributed by atoms with Crippen molar-refractivity contribution in [1.82, 2.24) is 15.3 Å². The highest BCUT2D eigenvalue weighted by atomic mass is 32.2. The van der Waals surface area contributed by atoms with E-state index in [0.717, 1.165) is 16.5 Å². The van der Waals surface area contributed by atoms with Gasteiger partial charge in [0.05, 0.1) is 17.4 Å². The molecule has 2 aromatic rings. The number of carbonyl (C=O) groups excluding carboxylic acids is 1. The molecule has 1 atom stereocenters. The van der Waals surface area contributed by atoms with Crippen LogP contribution in [0.15, 0.2) is 42.1 Å². The number of hydrogen-bond donors (Lipinski definition) is 1. The second-order valence-corrected chi connectivity index (χ2v) is 7.76. The van der Waals surface area contributed by atoms with Crippen molar-refractivity contribution >= 4 is 15.7 Å². The van der Waals surface area contributed by atoms with Gasteiger partial charge in [0.2, 0.25) is 0 Å². The molecule has 0 bridgehead atoms. The molecule has 0 radical (unpaired) electrons. The Hall–Kier alpha value is -2.54. The first-order chi connectivity index (χ1) is 11.3. The lowest BCUT2D eigenvalue weighted by Gasteiger charge is -2.10. The molecule has 1 N–H and O–H groups in total. The third-order valence-corrected chi connectivity index (χ3v) is 5.32. The summed E-state index contributed by atoms with van der Waals surface area (Å²) in [5, 5.41) is 3.76. The van der Waals surface area contributed by atoms with Crippen LogP contribution in [0.5, 0.6) is 0 Å². The van der Waals surface area contributed by atoms with Crippen LogP contribution in [-0.2, 0) is 9.84 Å². The number of nitrogens with zero attached hydrogens (tertiary/aromatic N) is 2. The zero-order valence-electron chi connectivity index (χ0n) is 13.4. The van der Waals surface area contributed by atoms with Crippen molar-refractivity contribution in [3.05, 3.63) is 58.8 Å². The molecule has 6 nitrogen and oxygen atoms in total. The van der Waals surface area contributed by atoms with Crippen molar-refractivity contribution in [3.8, 4) is 11.4 Å². The average Bonchev–Trinajstić information content (AvgIpc) is 2.89. The highest BCUT2D eigenvalue weighted by Crippen LogP contribution is 2.18. The molecular formula is C17H17N3O3S. The fourth-order valence-corrected chi connectivity index (χ4v) is 3.63. The van der Waals surface area contributed by atoms with Crippen molar-refractivity contribution < 1.29 is 13.2 Å². The molecule has 1 aromatic carbocycles. The van der Waals surface area contributed by atoms with E-state index in [0.29, 0.717) is 11.4 Å². The van der Waals surface area contributed by atoms with Crippen LogP contribution in [0.1, 0.15) is 21.5 Å². The number of benzene rings is 1. The lowest BCUT2D eigenvalue weighted by molar-refractivity contribution is 0.0947. The number of carbonyl (C=O) groups is 1. The average molecular weight is 343 g/mol. The van der Waals surface area contributed by atoms with Crippen LogP contribution < -0.4 is 5.32 Å². The van der Waals surface area contributed by atoms with Gasteiger partial charge >= 0.3 is 0 Å². The molecule has 1 aliphatic heterocycles. The molecule has 1 aromatic heterocycles. The second kappa shape index (κ2) is 6.16. The Labute approximate surface area is 140 Å². The molecule has 1 unspecified atom stereocenters. The molecule has 7 heteroatoms. The highest BCUT2D eigenvalue weighted by Gasteiger charge is 2.23. The third kappa shape index (κ3) is 3.51. The van der Waals surface area contributed by atoms with Gasteiger partial charge in [-0.3, -0.25) is 4.79 Å². The number of rotatable bonds is 3. The summed E-state index contributed by atoms with van der Waals surface area (Å²) in [6.45, 7) is 4.05. The zero-order chi connectivity index (χ0) is 17.3. The molecule has 0 spiro atoms. The first kappa shape index (κ1) is 16.3. The molecule has 24 heavy (non-hydrogen) atoms. The summed E-state index contributed by atoms with van der Waals surface area (Å²) < 4.78 is 22.7. The number of amides is 1. The lowest BCUT2D eigenvalue weighted by atomic mass is 10.1. The fourth-order valence-electron chi connectivity index (χ4n) is 2.39. The molecule has 0 saturated carbocycles. The summed E-state index contributed by atoms with van der Waals surface area (Å²) in [6, 6.07) is 5.42. The Morgan fingerprint density at radius 1 is 1.17 bits per heavy atom.